The van der Waals surface area contributed by atoms with Gasteiger partial charge < -0.3 is 10.3 Å². The van der Waals surface area contributed by atoms with Crippen molar-refractivity contribution in [3.63, 3.8) is 0 Å². The molecule has 0 spiro atoms. The molecule has 0 fully saturated rings. The lowest BCUT2D eigenvalue weighted by molar-refractivity contribution is -0.117. The fourth-order valence-corrected chi connectivity index (χ4v) is 4.63. The lowest BCUT2D eigenvalue weighted by Gasteiger charge is -2.17. The van der Waals surface area contributed by atoms with Gasteiger partial charge in [0.1, 0.15) is 11.5 Å². The molecule has 0 atom stereocenters. The molecular weight excluding hydrogens is 493 g/mol. The zero-order valence-electron chi connectivity index (χ0n) is 21.7. The lowest BCUT2D eigenvalue weighted by Crippen LogP contribution is -2.19. The van der Waals surface area contributed by atoms with Gasteiger partial charge in [0.2, 0.25) is 5.91 Å². The van der Waals surface area contributed by atoms with Gasteiger partial charge in [0.05, 0.1) is 40.7 Å². The Morgan fingerprint density at radius 3 is 2.49 bits per heavy atom. The molecule has 5 heterocycles. The average molecular weight is 520 g/mol. The van der Waals surface area contributed by atoms with E-state index in [0.29, 0.717) is 17.8 Å². The maximum Gasteiger partial charge on any atom is 0.224 e. The van der Waals surface area contributed by atoms with Crippen LogP contribution >= 0.6 is 0 Å². The van der Waals surface area contributed by atoms with Crippen LogP contribution in [0.15, 0.2) is 73.3 Å². The molecule has 0 bridgehead atoms. The predicted molar refractivity (Wildman–Crippen MR) is 150 cm³/mol. The number of carbonyl (C=O) groups is 1. The van der Waals surface area contributed by atoms with Crippen molar-refractivity contribution in [2.24, 2.45) is 5.41 Å². The number of hydrogen-bond donors (Lipinski definition) is 3. The highest BCUT2D eigenvalue weighted by atomic mass is 19.1. The molecule has 1 amide bonds. The molecule has 0 aliphatic carbocycles. The van der Waals surface area contributed by atoms with Crippen LogP contribution in [0.25, 0.3) is 55.7 Å². The Balaban J connectivity index is 1.36. The lowest BCUT2D eigenvalue weighted by atomic mass is 9.92. The molecule has 1 aromatic carbocycles. The number of hydrogen-bond acceptors (Lipinski definition) is 5. The normalized spacial score (nSPS) is 11.8. The Hall–Kier alpha value is -4.92. The average Bonchev–Trinajstić information content (AvgIpc) is 3.52. The van der Waals surface area contributed by atoms with Crippen molar-refractivity contribution in [2.75, 3.05) is 5.32 Å². The predicted octanol–water partition coefficient (Wildman–Crippen LogP) is 6.74. The van der Waals surface area contributed by atoms with Gasteiger partial charge in [-0.1, -0.05) is 20.8 Å². The van der Waals surface area contributed by atoms with E-state index in [4.69, 9.17) is 0 Å². The Morgan fingerprint density at radius 2 is 1.69 bits per heavy atom. The molecule has 0 saturated carbocycles. The van der Waals surface area contributed by atoms with E-state index in [0.717, 1.165) is 50.0 Å². The third-order valence-corrected chi connectivity index (χ3v) is 6.38. The van der Waals surface area contributed by atoms with Gasteiger partial charge in [-0.15, -0.1) is 0 Å². The van der Waals surface area contributed by atoms with Gasteiger partial charge in [-0.05, 0) is 53.9 Å². The van der Waals surface area contributed by atoms with Crippen molar-refractivity contribution in [3.05, 3.63) is 79.1 Å². The number of H-pyrrole nitrogens is 2. The first kappa shape index (κ1) is 24.4. The summed E-state index contributed by atoms with van der Waals surface area (Å²) in [6.45, 7) is 6.07. The van der Waals surface area contributed by atoms with E-state index in [1.807, 2.05) is 45.0 Å². The molecule has 6 rings (SSSR count). The largest absolute Gasteiger partial charge is 0.353 e. The minimum atomic E-state index is -0.291. The van der Waals surface area contributed by atoms with Gasteiger partial charge in [-0.2, -0.15) is 5.10 Å². The number of anilines is 1. The Kier molecular flexibility index (Phi) is 5.91. The summed E-state index contributed by atoms with van der Waals surface area (Å²) in [5, 5.41) is 12.3. The van der Waals surface area contributed by atoms with Crippen LogP contribution in [0.3, 0.4) is 0 Å². The molecule has 39 heavy (non-hydrogen) atoms. The summed E-state index contributed by atoms with van der Waals surface area (Å²) >= 11 is 0. The van der Waals surface area contributed by atoms with E-state index in [-0.39, 0.29) is 17.1 Å². The van der Waals surface area contributed by atoms with E-state index in [1.54, 1.807) is 36.9 Å². The van der Waals surface area contributed by atoms with Gasteiger partial charge in [0.15, 0.2) is 0 Å². The number of nitrogens with zero attached hydrogens (tertiary/aromatic N) is 4. The first-order valence-corrected chi connectivity index (χ1v) is 12.6. The second-order valence-electron chi connectivity index (χ2n) is 10.7. The van der Waals surface area contributed by atoms with E-state index < -0.39 is 0 Å². The van der Waals surface area contributed by atoms with Crippen LogP contribution in [0.4, 0.5) is 10.1 Å². The quantitative estimate of drug-likeness (QED) is 0.233. The number of halogens is 1. The summed E-state index contributed by atoms with van der Waals surface area (Å²) in [6, 6.07) is 14.0. The standard InChI is InChI=1S/C30H26FN7O/c1-30(2,3)13-27(39)35-20-10-18(14-32-15-20)24-11-22-26(16-34-24)37-38-29(22)25-12-21-23(36-25)8-9-33-28(21)17-4-6-19(31)7-5-17/h4-12,14-16,36H,13H2,1-3H3,(H,35,39)(H,37,38). The SMILES string of the molecule is CC(C)(C)CC(=O)Nc1cncc(-c2cc3c(-c4cc5c(-c6ccc(F)cc6)nccc5[nH]4)n[nH]c3cn2)c1. The zero-order valence-corrected chi connectivity index (χ0v) is 21.7. The van der Waals surface area contributed by atoms with Gasteiger partial charge in [0.25, 0.3) is 0 Å². The molecule has 3 N–H and O–H groups in total. The van der Waals surface area contributed by atoms with Crippen LogP contribution in [0, 0.1) is 11.2 Å². The van der Waals surface area contributed by atoms with Crippen molar-refractivity contribution in [2.45, 2.75) is 27.2 Å². The van der Waals surface area contributed by atoms with Gasteiger partial charge in [-0.25, -0.2) is 4.39 Å². The molecular formula is C30H26FN7O. The van der Waals surface area contributed by atoms with Crippen molar-refractivity contribution in [1.29, 1.82) is 0 Å². The van der Waals surface area contributed by atoms with Crippen LogP contribution < -0.4 is 5.32 Å². The fraction of sp³-hybridized carbons (Fsp3) is 0.167. The maximum absolute atomic E-state index is 13.5. The van der Waals surface area contributed by atoms with E-state index >= 15 is 0 Å². The Bertz CT molecular complexity index is 1830. The molecule has 9 heteroatoms. The molecule has 6 aromatic rings. The summed E-state index contributed by atoms with van der Waals surface area (Å²) in [4.78, 5) is 29.3. The highest BCUT2D eigenvalue weighted by Gasteiger charge is 2.18. The van der Waals surface area contributed by atoms with Crippen LogP contribution in [-0.4, -0.2) is 36.0 Å². The summed E-state index contributed by atoms with van der Waals surface area (Å²) in [5.74, 6) is -0.351. The van der Waals surface area contributed by atoms with Crippen LogP contribution in [-0.2, 0) is 4.79 Å². The van der Waals surface area contributed by atoms with Crippen molar-refractivity contribution in [3.8, 4) is 33.9 Å². The first-order chi connectivity index (χ1) is 18.7. The summed E-state index contributed by atoms with van der Waals surface area (Å²) in [6.07, 6.45) is 7.22. The van der Waals surface area contributed by atoms with E-state index in [2.05, 4.69) is 35.5 Å². The monoisotopic (exact) mass is 519 g/mol. The second kappa shape index (κ2) is 9.43. The molecule has 0 aliphatic heterocycles. The summed E-state index contributed by atoms with van der Waals surface area (Å²) in [7, 11) is 0. The highest BCUT2D eigenvalue weighted by Crippen LogP contribution is 2.34. The Morgan fingerprint density at radius 1 is 0.897 bits per heavy atom. The van der Waals surface area contributed by atoms with E-state index in [1.165, 1.54) is 12.1 Å². The number of aromatic nitrogens is 6. The number of fused-ring (bicyclic) bond motifs is 2. The van der Waals surface area contributed by atoms with Gasteiger partial charge >= 0.3 is 0 Å². The summed E-state index contributed by atoms with van der Waals surface area (Å²) < 4.78 is 13.5. The fourth-order valence-electron chi connectivity index (χ4n) is 4.63. The smallest absolute Gasteiger partial charge is 0.224 e. The number of nitrogens with one attached hydrogen (secondary N) is 3. The number of benzene rings is 1. The number of pyridine rings is 3. The summed E-state index contributed by atoms with van der Waals surface area (Å²) in [5.41, 5.74) is 6.79. The minimum Gasteiger partial charge on any atom is -0.353 e. The van der Waals surface area contributed by atoms with E-state index in [9.17, 15) is 9.18 Å². The molecule has 0 radical (unpaired) electrons. The Labute approximate surface area is 223 Å². The third-order valence-electron chi connectivity index (χ3n) is 6.38. The van der Waals surface area contributed by atoms with Crippen molar-refractivity contribution in [1.82, 2.24) is 30.1 Å². The van der Waals surface area contributed by atoms with Gasteiger partial charge in [0, 0.05) is 46.2 Å². The minimum absolute atomic E-state index is 0.0599. The van der Waals surface area contributed by atoms with Gasteiger partial charge in [-0.3, -0.25) is 24.8 Å². The van der Waals surface area contributed by atoms with Crippen molar-refractivity contribution >= 4 is 33.4 Å². The molecule has 5 aromatic heterocycles. The third kappa shape index (κ3) is 4.98. The maximum atomic E-state index is 13.5. The van der Waals surface area contributed by atoms with Crippen LogP contribution in [0.1, 0.15) is 27.2 Å². The number of rotatable bonds is 5. The first-order valence-electron chi connectivity index (χ1n) is 12.6. The van der Waals surface area contributed by atoms with Crippen LogP contribution in [0.5, 0.6) is 0 Å². The molecule has 194 valence electrons. The highest BCUT2D eigenvalue weighted by molar-refractivity contribution is 6.00. The zero-order chi connectivity index (χ0) is 27.1. The van der Waals surface area contributed by atoms with Crippen LogP contribution in [0.2, 0.25) is 0 Å². The molecule has 8 nitrogen and oxygen atoms in total. The van der Waals surface area contributed by atoms with Crippen molar-refractivity contribution < 1.29 is 9.18 Å². The topological polar surface area (TPSA) is 112 Å². The number of amides is 1. The molecule has 0 aliphatic rings. The second-order valence-corrected chi connectivity index (χ2v) is 10.7. The molecule has 0 saturated heterocycles. The number of carbonyl (C=O) groups excluding carboxylic acids is 1. The molecule has 0 unspecified atom stereocenters. The number of aromatic amines is 2.